The smallest absolute Gasteiger partial charge is 0.174 e. The highest BCUT2D eigenvalue weighted by Crippen LogP contribution is 2.26. The first-order valence-corrected chi connectivity index (χ1v) is 9.19. The lowest BCUT2D eigenvalue weighted by Crippen LogP contribution is -2.16. The molecule has 0 atom stereocenters. The van der Waals surface area contributed by atoms with Gasteiger partial charge >= 0.3 is 0 Å². The highest BCUT2D eigenvalue weighted by Gasteiger charge is 2.08. The summed E-state index contributed by atoms with van der Waals surface area (Å²) in [7, 11) is 2.05. The maximum Gasteiger partial charge on any atom is 0.174 e. The summed E-state index contributed by atoms with van der Waals surface area (Å²) in [6, 6.07) is 17.8. The normalized spacial score (nSPS) is 10.5. The lowest BCUT2D eigenvalue weighted by Gasteiger charge is -2.18. The topological polar surface area (TPSA) is 38.2 Å². The van der Waals surface area contributed by atoms with E-state index >= 15 is 0 Å². The fourth-order valence-corrected chi connectivity index (χ4v) is 3.44. The largest absolute Gasteiger partial charge is 0.457 e. The molecule has 0 radical (unpaired) electrons. The predicted molar refractivity (Wildman–Crippen MR) is 96.8 cm³/mol. The Morgan fingerprint density at radius 3 is 2.35 bits per heavy atom. The summed E-state index contributed by atoms with van der Waals surface area (Å²) in [5, 5.41) is 9.35. The van der Waals surface area contributed by atoms with Crippen molar-refractivity contribution in [2.24, 2.45) is 0 Å². The molecule has 0 saturated heterocycles. The highest BCUT2D eigenvalue weighted by atomic mass is 32.2. The van der Waals surface area contributed by atoms with E-state index in [1.165, 1.54) is 0 Å². The van der Waals surface area contributed by atoms with E-state index in [9.17, 15) is 0 Å². The van der Waals surface area contributed by atoms with Crippen molar-refractivity contribution in [3.63, 3.8) is 0 Å². The lowest BCUT2D eigenvalue weighted by molar-refractivity contribution is 0.482. The quantitative estimate of drug-likeness (QED) is 0.607. The molecular formula is C17H17N3OS2. The van der Waals surface area contributed by atoms with Gasteiger partial charge in [0.1, 0.15) is 16.5 Å². The molecule has 0 spiro atoms. The van der Waals surface area contributed by atoms with Crippen molar-refractivity contribution in [1.29, 1.82) is 0 Å². The third-order valence-electron chi connectivity index (χ3n) is 3.25. The van der Waals surface area contributed by atoms with Crippen LogP contribution in [0.1, 0.15) is 5.01 Å². The van der Waals surface area contributed by atoms with Crippen LogP contribution in [0.15, 0.2) is 58.9 Å². The minimum absolute atomic E-state index is 0.747. The summed E-state index contributed by atoms with van der Waals surface area (Å²) in [5.41, 5.74) is 1.12. The molecule has 118 valence electrons. The molecule has 0 bridgehead atoms. The molecule has 0 aliphatic rings. The molecule has 0 aliphatic carbocycles. The first kappa shape index (κ1) is 15.8. The second-order valence-electron chi connectivity index (χ2n) is 4.93. The third-order valence-corrected chi connectivity index (χ3v) is 5.14. The molecule has 1 aromatic heterocycles. The van der Waals surface area contributed by atoms with Gasteiger partial charge < -0.3 is 9.64 Å². The number of hydrogen-bond donors (Lipinski definition) is 0. The summed E-state index contributed by atoms with van der Waals surface area (Å²) in [5.74, 6) is 1.67. The van der Waals surface area contributed by atoms with E-state index in [1.807, 2.05) is 55.8 Å². The molecular weight excluding hydrogens is 326 g/mol. The summed E-state index contributed by atoms with van der Waals surface area (Å²) in [6.45, 7) is 0.747. The van der Waals surface area contributed by atoms with E-state index in [-0.39, 0.29) is 0 Å². The second kappa shape index (κ2) is 7.48. The molecule has 0 saturated carbocycles. The van der Waals surface area contributed by atoms with Gasteiger partial charge in [-0.1, -0.05) is 41.3 Å². The molecule has 23 heavy (non-hydrogen) atoms. The van der Waals surface area contributed by atoms with Crippen LogP contribution in [-0.2, 0) is 6.54 Å². The summed E-state index contributed by atoms with van der Waals surface area (Å²) in [4.78, 5) is 2.15. The number of aromatic nitrogens is 2. The fourth-order valence-electron chi connectivity index (χ4n) is 2.07. The molecule has 0 N–H and O–H groups in total. The Morgan fingerprint density at radius 1 is 1.00 bits per heavy atom. The minimum Gasteiger partial charge on any atom is -0.457 e. The van der Waals surface area contributed by atoms with Crippen molar-refractivity contribution >= 4 is 28.8 Å². The Morgan fingerprint density at radius 2 is 1.70 bits per heavy atom. The van der Waals surface area contributed by atoms with Crippen molar-refractivity contribution in [2.75, 3.05) is 18.2 Å². The van der Waals surface area contributed by atoms with Crippen LogP contribution >= 0.6 is 23.1 Å². The van der Waals surface area contributed by atoms with Crippen molar-refractivity contribution in [3.8, 4) is 11.5 Å². The van der Waals surface area contributed by atoms with Crippen molar-refractivity contribution < 1.29 is 4.74 Å². The Labute approximate surface area is 144 Å². The highest BCUT2D eigenvalue weighted by molar-refractivity contribution is 8.00. The van der Waals surface area contributed by atoms with Crippen LogP contribution in [-0.4, -0.2) is 23.5 Å². The number of thioether (sulfide) groups is 1. The maximum atomic E-state index is 5.81. The van der Waals surface area contributed by atoms with Gasteiger partial charge in [0, 0.05) is 12.7 Å². The van der Waals surface area contributed by atoms with E-state index in [0.717, 1.165) is 33.1 Å². The van der Waals surface area contributed by atoms with Gasteiger partial charge in [0.05, 0.1) is 6.54 Å². The van der Waals surface area contributed by atoms with Gasteiger partial charge in [-0.3, -0.25) is 0 Å². The predicted octanol–water partition coefficient (Wildman–Crippen LogP) is 4.69. The average molecular weight is 343 g/mol. The third kappa shape index (κ3) is 4.24. The van der Waals surface area contributed by atoms with E-state index in [4.69, 9.17) is 4.74 Å². The Balaban J connectivity index is 1.64. The SMILES string of the molecule is CSc1nnc(CN(C)c2ccc(Oc3ccccc3)cc2)s1. The van der Waals surface area contributed by atoms with Crippen LogP contribution < -0.4 is 9.64 Å². The number of nitrogens with zero attached hydrogens (tertiary/aromatic N) is 3. The van der Waals surface area contributed by atoms with Crippen molar-refractivity contribution in [1.82, 2.24) is 10.2 Å². The molecule has 0 fully saturated rings. The molecule has 0 amide bonds. The van der Waals surface area contributed by atoms with Crippen molar-refractivity contribution in [2.45, 2.75) is 10.9 Å². The van der Waals surface area contributed by atoms with Gasteiger partial charge in [0.25, 0.3) is 0 Å². The zero-order valence-corrected chi connectivity index (χ0v) is 14.6. The second-order valence-corrected chi connectivity index (χ2v) is 7.05. The Hall–Kier alpha value is -2.05. The molecule has 3 aromatic rings. The zero-order chi connectivity index (χ0) is 16.1. The van der Waals surface area contributed by atoms with Gasteiger partial charge in [0.2, 0.25) is 0 Å². The number of benzene rings is 2. The van der Waals surface area contributed by atoms with Crippen LogP contribution in [0.5, 0.6) is 11.5 Å². The monoisotopic (exact) mass is 343 g/mol. The van der Waals surface area contributed by atoms with Crippen LogP contribution in [0.4, 0.5) is 5.69 Å². The molecule has 0 aliphatic heterocycles. The number of ether oxygens (including phenoxy) is 1. The van der Waals surface area contributed by atoms with Crippen LogP contribution in [0.2, 0.25) is 0 Å². The number of para-hydroxylation sites is 1. The van der Waals surface area contributed by atoms with Gasteiger partial charge in [-0.05, 0) is 42.7 Å². The molecule has 4 nitrogen and oxygen atoms in total. The minimum atomic E-state index is 0.747. The molecule has 3 rings (SSSR count). The maximum absolute atomic E-state index is 5.81. The number of hydrogen-bond acceptors (Lipinski definition) is 6. The molecule has 1 heterocycles. The van der Waals surface area contributed by atoms with E-state index in [1.54, 1.807) is 23.1 Å². The number of rotatable bonds is 6. The fraction of sp³-hybridized carbons (Fsp3) is 0.176. The van der Waals surface area contributed by atoms with E-state index < -0.39 is 0 Å². The molecule has 0 unspecified atom stereocenters. The van der Waals surface area contributed by atoms with Gasteiger partial charge in [0.15, 0.2) is 4.34 Å². The summed E-state index contributed by atoms with van der Waals surface area (Å²) in [6.07, 6.45) is 2.01. The average Bonchev–Trinajstić information content (AvgIpc) is 3.04. The molecule has 2 aromatic carbocycles. The molecule has 6 heteroatoms. The van der Waals surface area contributed by atoms with Gasteiger partial charge in [-0.15, -0.1) is 10.2 Å². The van der Waals surface area contributed by atoms with Crippen molar-refractivity contribution in [3.05, 3.63) is 59.6 Å². The van der Waals surface area contributed by atoms with E-state index in [2.05, 4.69) is 27.2 Å². The summed E-state index contributed by atoms with van der Waals surface area (Å²) < 4.78 is 6.81. The zero-order valence-electron chi connectivity index (χ0n) is 13.0. The van der Waals surface area contributed by atoms with Gasteiger partial charge in [-0.2, -0.15) is 0 Å². The first-order chi connectivity index (χ1) is 11.2. The van der Waals surface area contributed by atoms with Crippen LogP contribution in [0.25, 0.3) is 0 Å². The Kier molecular flexibility index (Phi) is 5.15. The van der Waals surface area contributed by atoms with Gasteiger partial charge in [-0.25, -0.2) is 0 Å². The van der Waals surface area contributed by atoms with Crippen LogP contribution in [0.3, 0.4) is 0 Å². The Bertz CT molecular complexity index is 744. The van der Waals surface area contributed by atoms with E-state index in [0.29, 0.717) is 0 Å². The number of anilines is 1. The lowest BCUT2D eigenvalue weighted by atomic mass is 10.2. The first-order valence-electron chi connectivity index (χ1n) is 7.15. The summed E-state index contributed by atoms with van der Waals surface area (Å²) >= 11 is 3.26. The van der Waals surface area contributed by atoms with Crippen LogP contribution in [0, 0.1) is 0 Å². The standard InChI is InChI=1S/C17H17N3OS2/c1-20(12-16-18-19-17(22-2)23-16)13-8-10-15(11-9-13)21-14-6-4-3-5-7-14/h3-11H,12H2,1-2H3.